The van der Waals surface area contributed by atoms with Crippen molar-refractivity contribution in [3.8, 4) is 11.5 Å². The third-order valence-corrected chi connectivity index (χ3v) is 5.41. The van der Waals surface area contributed by atoms with E-state index in [1.165, 1.54) is 20.3 Å². The van der Waals surface area contributed by atoms with Gasteiger partial charge in [0.2, 0.25) is 5.75 Å². The molecule has 2 aliphatic rings. The maximum absolute atomic E-state index is 12.6. The number of aliphatic hydroxyl groups is 1. The lowest BCUT2D eigenvalue weighted by Gasteiger charge is -2.36. The van der Waals surface area contributed by atoms with E-state index in [-0.39, 0.29) is 29.0 Å². The largest absolute Gasteiger partial charge is 0.493 e. The number of carbonyl (C=O) groups excluding carboxylic acids is 1. The molecule has 1 fully saturated rings. The molecule has 2 heterocycles. The van der Waals surface area contributed by atoms with Crippen LogP contribution in [0.1, 0.15) is 25.7 Å². The van der Waals surface area contributed by atoms with Crippen LogP contribution < -0.4 is 20.4 Å². The van der Waals surface area contributed by atoms with Gasteiger partial charge in [-0.25, -0.2) is 4.79 Å². The normalized spacial score (nSPS) is 23.6. The predicted molar refractivity (Wildman–Crippen MR) is 104 cm³/mol. The van der Waals surface area contributed by atoms with E-state index in [1.807, 2.05) is 0 Å². The van der Waals surface area contributed by atoms with Crippen molar-refractivity contribution in [3.63, 3.8) is 0 Å². The van der Waals surface area contributed by atoms with Crippen molar-refractivity contribution < 1.29 is 28.6 Å². The summed E-state index contributed by atoms with van der Waals surface area (Å²) >= 11 is 0. The Bertz CT molecular complexity index is 1030. The highest BCUT2D eigenvalue weighted by Gasteiger charge is 2.39. The number of amides is 1. The quantitative estimate of drug-likeness (QED) is 0.751. The SMILES string of the molecule is COc1ccc2cc(NC(=O)C3=NO[C@@H]4[C@@H](CCC[C@@H]4O)C3)c(=O)oc2c1OC. The fraction of sp³-hybridized carbons (Fsp3) is 0.450. The number of benzene rings is 1. The van der Waals surface area contributed by atoms with Crippen molar-refractivity contribution in [2.45, 2.75) is 37.9 Å². The summed E-state index contributed by atoms with van der Waals surface area (Å²) in [4.78, 5) is 30.4. The number of fused-ring (bicyclic) bond motifs is 2. The number of methoxy groups -OCH3 is 2. The molecule has 3 atom stereocenters. The smallest absolute Gasteiger partial charge is 0.360 e. The first kappa shape index (κ1) is 19.3. The van der Waals surface area contributed by atoms with Crippen molar-refractivity contribution in [2.24, 2.45) is 11.1 Å². The molecule has 1 aliphatic heterocycles. The third-order valence-electron chi connectivity index (χ3n) is 5.41. The molecule has 2 N–H and O–H groups in total. The summed E-state index contributed by atoms with van der Waals surface area (Å²) in [7, 11) is 2.93. The fourth-order valence-electron chi connectivity index (χ4n) is 3.93. The zero-order valence-corrected chi connectivity index (χ0v) is 16.1. The van der Waals surface area contributed by atoms with Crippen molar-refractivity contribution >= 4 is 28.3 Å². The first-order chi connectivity index (χ1) is 14.0. The van der Waals surface area contributed by atoms with E-state index in [9.17, 15) is 14.7 Å². The molecule has 0 unspecified atom stereocenters. The molecule has 1 aliphatic carbocycles. The van der Waals surface area contributed by atoms with Crippen LogP contribution in [-0.2, 0) is 9.63 Å². The zero-order valence-electron chi connectivity index (χ0n) is 16.1. The van der Waals surface area contributed by atoms with Gasteiger partial charge in [0.05, 0.1) is 20.3 Å². The third kappa shape index (κ3) is 3.53. The van der Waals surface area contributed by atoms with Crippen LogP contribution in [-0.4, -0.2) is 43.2 Å². The molecule has 1 saturated carbocycles. The number of hydrogen-bond acceptors (Lipinski definition) is 8. The highest BCUT2D eigenvalue weighted by Crippen LogP contribution is 2.36. The van der Waals surface area contributed by atoms with E-state index in [0.717, 1.165) is 12.8 Å². The van der Waals surface area contributed by atoms with Gasteiger partial charge in [-0.3, -0.25) is 4.79 Å². The minimum atomic E-state index is -0.722. The Morgan fingerprint density at radius 3 is 2.86 bits per heavy atom. The van der Waals surface area contributed by atoms with Gasteiger partial charge < -0.3 is 29.2 Å². The molecule has 9 heteroatoms. The Morgan fingerprint density at radius 1 is 1.28 bits per heavy atom. The molecule has 0 saturated heterocycles. The first-order valence-electron chi connectivity index (χ1n) is 9.42. The maximum atomic E-state index is 12.6. The lowest BCUT2D eigenvalue weighted by Crippen LogP contribution is -2.44. The molecule has 1 amide bonds. The number of rotatable bonds is 4. The van der Waals surface area contributed by atoms with Crippen LogP contribution in [0.4, 0.5) is 5.69 Å². The summed E-state index contributed by atoms with van der Waals surface area (Å²) in [6.45, 7) is 0. The Balaban J connectivity index is 1.58. The molecule has 29 heavy (non-hydrogen) atoms. The molecule has 0 spiro atoms. The number of nitrogens with one attached hydrogen (secondary N) is 1. The Morgan fingerprint density at radius 2 is 2.10 bits per heavy atom. The Kier molecular flexibility index (Phi) is 5.14. The maximum Gasteiger partial charge on any atom is 0.360 e. The molecule has 154 valence electrons. The second-order valence-electron chi connectivity index (χ2n) is 7.19. The number of nitrogens with zero attached hydrogens (tertiary/aromatic N) is 1. The minimum absolute atomic E-state index is 0.0109. The van der Waals surface area contributed by atoms with Gasteiger partial charge >= 0.3 is 5.63 Å². The molecular weight excluding hydrogens is 380 g/mol. The van der Waals surface area contributed by atoms with E-state index < -0.39 is 17.6 Å². The molecule has 4 rings (SSSR count). The van der Waals surface area contributed by atoms with Gasteiger partial charge in [-0.1, -0.05) is 11.6 Å². The number of anilines is 1. The van der Waals surface area contributed by atoms with Crippen molar-refractivity contribution in [3.05, 3.63) is 28.6 Å². The van der Waals surface area contributed by atoms with Crippen LogP contribution >= 0.6 is 0 Å². The molecular formula is C20H22N2O7. The Labute approximate surface area is 166 Å². The van der Waals surface area contributed by atoms with Gasteiger partial charge in [-0.15, -0.1) is 0 Å². The van der Waals surface area contributed by atoms with Gasteiger partial charge in [-0.2, -0.15) is 0 Å². The number of ether oxygens (including phenoxy) is 2. The average molecular weight is 402 g/mol. The molecule has 9 nitrogen and oxygen atoms in total. The van der Waals surface area contributed by atoms with Crippen molar-refractivity contribution in [1.82, 2.24) is 0 Å². The van der Waals surface area contributed by atoms with Gasteiger partial charge in [0.1, 0.15) is 11.4 Å². The predicted octanol–water partition coefficient (Wildman–Crippen LogP) is 2.05. The highest BCUT2D eigenvalue weighted by atomic mass is 16.6. The van der Waals surface area contributed by atoms with Crippen LogP contribution in [0, 0.1) is 5.92 Å². The summed E-state index contributed by atoms with van der Waals surface area (Å²) in [5.41, 5.74) is -0.316. The molecule has 0 bridgehead atoms. The summed E-state index contributed by atoms with van der Waals surface area (Å²) in [6, 6.07) is 4.89. The van der Waals surface area contributed by atoms with Crippen LogP contribution in [0.25, 0.3) is 11.0 Å². The average Bonchev–Trinajstić information content (AvgIpc) is 2.73. The zero-order chi connectivity index (χ0) is 20.5. The van der Waals surface area contributed by atoms with Gasteiger partial charge in [-0.05, 0) is 31.0 Å². The minimum Gasteiger partial charge on any atom is -0.493 e. The van der Waals surface area contributed by atoms with Crippen LogP contribution in [0.2, 0.25) is 0 Å². The number of hydrogen-bond donors (Lipinski definition) is 2. The van der Waals surface area contributed by atoms with E-state index in [4.69, 9.17) is 18.7 Å². The highest BCUT2D eigenvalue weighted by molar-refractivity contribution is 6.43. The van der Waals surface area contributed by atoms with E-state index in [1.54, 1.807) is 12.1 Å². The van der Waals surface area contributed by atoms with Crippen molar-refractivity contribution in [2.75, 3.05) is 19.5 Å². The Hall–Kier alpha value is -3.07. The standard InChI is InChI=1S/C20H22N2O7/c1-26-15-7-6-11-9-13(20(25)28-17(11)18(15)27-2)21-19(24)12-8-10-4-3-5-14(23)16(10)29-22-12/h6-7,9-10,14,16,23H,3-5,8H2,1-2H3,(H,21,24)/t10-,14-,16+/m0/s1. The van der Waals surface area contributed by atoms with Gasteiger partial charge in [0.25, 0.3) is 5.91 Å². The molecule has 1 aromatic carbocycles. The second kappa shape index (κ2) is 7.75. The van der Waals surface area contributed by atoms with Gasteiger partial charge in [0, 0.05) is 17.7 Å². The van der Waals surface area contributed by atoms with Crippen LogP contribution in [0.3, 0.4) is 0 Å². The van der Waals surface area contributed by atoms with Gasteiger partial charge in [0.15, 0.2) is 17.4 Å². The number of aliphatic hydroxyl groups excluding tert-OH is 1. The van der Waals surface area contributed by atoms with Crippen LogP contribution in [0.5, 0.6) is 11.5 Å². The molecule has 1 aromatic heterocycles. The first-order valence-corrected chi connectivity index (χ1v) is 9.42. The summed E-state index contributed by atoms with van der Waals surface area (Å²) in [6.07, 6.45) is 1.84. The molecule has 0 radical (unpaired) electrons. The van der Waals surface area contributed by atoms with Crippen molar-refractivity contribution in [1.29, 1.82) is 0 Å². The second-order valence-corrected chi connectivity index (χ2v) is 7.19. The van der Waals surface area contributed by atoms with E-state index in [0.29, 0.717) is 29.7 Å². The van der Waals surface area contributed by atoms with Crippen LogP contribution in [0.15, 0.2) is 32.6 Å². The van der Waals surface area contributed by atoms with E-state index >= 15 is 0 Å². The summed E-state index contributed by atoms with van der Waals surface area (Å²) < 4.78 is 15.8. The van der Waals surface area contributed by atoms with E-state index in [2.05, 4.69) is 10.5 Å². The lowest BCUT2D eigenvalue weighted by atomic mass is 9.80. The number of carbonyl (C=O) groups is 1. The summed E-state index contributed by atoms with van der Waals surface area (Å²) in [5, 5.41) is 17.0. The molecule has 2 aromatic rings. The summed E-state index contributed by atoms with van der Waals surface area (Å²) in [5.74, 6) is 0.224. The lowest BCUT2D eigenvalue weighted by molar-refractivity contribution is -0.114. The topological polar surface area (TPSA) is 120 Å². The monoisotopic (exact) mass is 402 g/mol. The number of oxime groups is 1. The fourth-order valence-corrected chi connectivity index (χ4v) is 3.93.